The van der Waals surface area contributed by atoms with Gasteiger partial charge in [0.15, 0.2) is 5.82 Å². The van der Waals surface area contributed by atoms with Gasteiger partial charge in [-0.2, -0.15) is 5.10 Å². The maximum Gasteiger partial charge on any atom is 0.262 e. The van der Waals surface area contributed by atoms with E-state index in [1.807, 2.05) is 0 Å². The molecule has 0 amide bonds. The molecular formula is C13H12N6O4S2. The van der Waals surface area contributed by atoms with E-state index in [9.17, 15) is 16.8 Å². The molecule has 3 N–H and O–H groups in total. The van der Waals surface area contributed by atoms with Crippen molar-refractivity contribution >= 4 is 25.7 Å². The molecule has 0 spiro atoms. The van der Waals surface area contributed by atoms with Crippen molar-refractivity contribution in [2.24, 2.45) is 5.14 Å². The summed E-state index contributed by atoms with van der Waals surface area (Å²) in [5.41, 5.74) is 0.0761. The van der Waals surface area contributed by atoms with Crippen molar-refractivity contribution in [3.05, 3.63) is 55.2 Å². The number of anilines is 1. The summed E-state index contributed by atoms with van der Waals surface area (Å²) in [6, 6.07) is 6.35. The van der Waals surface area contributed by atoms with Gasteiger partial charge in [-0.25, -0.2) is 36.6 Å². The second-order valence-electron chi connectivity index (χ2n) is 4.84. The van der Waals surface area contributed by atoms with Gasteiger partial charge in [-0.05, 0) is 24.3 Å². The maximum absolute atomic E-state index is 12.6. The summed E-state index contributed by atoms with van der Waals surface area (Å²) in [7, 11) is -8.13. The van der Waals surface area contributed by atoms with Crippen molar-refractivity contribution < 1.29 is 16.8 Å². The van der Waals surface area contributed by atoms with Crippen LogP contribution >= 0.6 is 0 Å². The van der Waals surface area contributed by atoms with Crippen molar-refractivity contribution in [1.82, 2.24) is 19.7 Å². The molecule has 2 aromatic heterocycles. The molecule has 0 unspecified atom stereocenters. The van der Waals surface area contributed by atoms with Crippen LogP contribution in [-0.4, -0.2) is 36.6 Å². The molecule has 0 aliphatic carbocycles. The summed E-state index contributed by atoms with van der Waals surface area (Å²) in [4.78, 5) is 7.21. The summed E-state index contributed by atoms with van der Waals surface area (Å²) in [6.07, 6.45) is 5.61. The van der Waals surface area contributed by atoms with Crippen LogP contribution in [0.4, 0.5) is 5.69 Å². The standard InChI is InChI=1S/C13H12N6O4S2/c14-24(20,21)10-3-1-4-11(7-10)25(22,23)18-12-8-15-9-16-13(12)19-6-2-5-17-19/h1-9,18H,(H2,14,20,21). The number of primary sulfonamides is 1. The van der Waals surface area contributed by atoms with Crippen molar-refractivity contribution in [2.75, 3.05) is 4.72 Å². The summed E-state index contributed by atoms with van der Waals surface area (Å²) < 4.78 is 51.6. The van der Waals surface area contributed by atoms with E-state index in [1.54, 1.807) is 12.3 Å². The van der Waals surface area contributed by atoms with E-state index in [1.165, 1.54) is 41.6 Å². The number of nitrogens with zero attached hydrogens (tertiary/aromatic N) is 4. The smallest absolute Gasteiger partial charge is 0.262 e. The number of rotatable bonds is 5. The van der Waals surface area contributed by atoms with Gasteiger partial charge in [0.25, 0.3) is 10.0 Å². The van der Waals surface area contributed by atoms with Crippen LogP contribution in [0.3, 0.4) is 0 Å². The van der Waals surface area contributed by atoms with Gasteiger partial charge in [-0.3, -0.25) is 4.72 Å². The van der Waals surface area contributed by atoms with Crippen molar-refractivity contribution in [3.63, 3.8) is 0 Å². The fourth-order valence-electron chi connectivity index (χ4n) is 1.99. The molecule has 3 aromatic rings. The van der Waals surface area contributed by atoms with E-state index in [0.29, 0.717) is 0 Å². The third-order valence-corrected chi connectivity index (χ3v) is 5.38. The molecule has 3 rings (SSSR count). The summed E-state index contributed by atoms with van der Waals surface area (Å²) >= 11 is 0. The molecule has 1 aromatic carbocycles. The van der Waals surface area contributed by atoms with Crippen LogP contribution in [0.2, 0.25) is 0 Å². The molecule has 0 atom stereocenters. The van der Waals surface area contributed by atoms with Crippen molar-refractivity contribution in [3.8, 4) is 5.82 Å². The predicted molar refractivity (Wildman–Crippen MR) is 87.8 cm³/mol. The first-order valence-corrected chi connectivity index (χ1v) is 9.76. The minimum absolute atomic E-state index is 0.0761. The third kappa shape index (κ3) is 3.65. The molecule has 0 aliphatic heterocycles. The van der Waals surface area contributed by atoms with Gasteiger partial charge < -0.3 is 0 Å². The molecule has 0 fully saturated rings. The summed E-state index contributed by atoms with van der Waals surface area (Å²) in [5, 5.41) is 9.03. The van der Waals surface area contributed by atoms with E-state index in [4.69, 9.17) is 5.14 Å². The number of aromatic nitrogens is 4. The minimum Gasteiger partial charge on any atom is -0.274 e. The Morgan fingerprint density at radius 1 is 1.08 bits per heavy atom. The van der Waals surface area contributed by atoms with Crippen LogP contribution in [0.25, 0.3) is 5.82 Å². The van der Waals surface area contributed by atoms with Crippen molar-refractivity contribution in [2.45, 2.75) is 9.79 Å². The van der Waals surface area contributed by atoms with Crippen LogP contribution in [0.5, 0.6) is 0 Å². The van der Waals surface area contributed by atoms with Gasteiger partial charge in [-0.15, -0.1) is 0 Å². The molecule has 2 heterocycles. The number of nitrogens with two attached hydrogens (primary N) is 1. The number of sulfonamides is 2. The average Bonchev–Trinajstić information content (AvgIpc) is 3.09. The Morgan fingerprint density at radius 3 is 2.52 bits per heavy atom. The Hall–Kier alpha value is -2.83. The molecule has 0 radical (unpaired) electrons. The fourth-order valence-corrected chi connectivity index (χ4v) is 3.72. The summed E-state index contributed by atoms with van der Waals surface area (Å²) in [5.74, 6) is 0.214. The normalized spacial score (nSPS) is 12.0. The van der Waals surface area contributed by atoms with Gasteiger partial charge in [-0.1, -0.05) is 6.07 Å². The highest BCUT2D eigenvalue weighted by Gasteiger charge is 2.20. The zero-order valence-corrected chi connectivity index (χ0v) is 14.1. The zero-order chi connectivity index (χ0) is 18.1. The van der Waals surface area contributed by atoms with Gasteiger partial charge in [0.2, 0.25) is 10.0 Å². The molecule has 0 aliphatic rings. The van der Waals surface area contributed by atoms with Crippen LogP contribution in [0.1, 0.15) is 0 Å². The van der Waals surface area contributed by atoms with Crippen LogP contribution < -0.4 is 9.86 Å². The maximum atomic E-state index is 12.6. The molecule has 12 heteroatoms. The largest absolute Gasteiger partial charge is 0.274 e. The Kier molecular flexibility index (Phi) is 4.24. The van der Waals surface area contributed by atoms with Crippen LogP contribution in [0, 0.1) is 0 Å². The van der Waals surface area contributed by atoms with Gasteiger partial charge in [0.05, 0.1) is 16.0 Å². The van der Waals surface area contributed by atoms with E-state index < -0.39 is 20.0 Å². The molecule has 0 saturated carbocycles. The zero-order valence-electron chi connectivity index (χ0n) is 12.5. The van der Waals surface area contributed by atoms with Gasteiger partial charge >= 0.3 is 0 Å². The Balaban J connectivity index is 2.02. The van der Waals surface area contributed by atoms with E-state index in [-0.39, 0.29) is 21.3 Å². The summed E-state index contributed by atoms with van der Waals surface area (Å²) in [6.45, 7) is 0. The molecular weight excluding hydrogens is 368 g/mol. The third-order valence-electron chi connectivity index (χ3n) is 3.10. The predicted octanol–water partition coefficient (Wildman–Crippen LogP) is 0.110. The minimum atomic E-state index is -4.10. The molecule has 0 saturated heterocycles. The lowest BCUT2D eigenvalue weighted by Crippen LogP contribution is -2.17. The number of hydrogen-bond acceptors (Lipinski definition) is 7. The Bertz CT molecular complexity index is 1110. The first-order chi connectivity index (χ1) is 11.8. The number of benzene rings is 1. The monoisotopic (exact) mass is 380 g/mol. The molecule has 130 valence electrons. The fraction of sp³-hybridized carbons (Fsp3) is 0. The van der Waals surface area contributed by atoms with Crippen molar-refractivity contribution in [1.29, 1.82) is 0 Å². The highest BCUT2D eigenvalue weighted by atomic mass is 32.2. The van der Waals surface area contributed by atoms with Crippen LogP contribution in [-0.2, 0) is 20.0 Å². The lowest BCUT2D eigenvalue weighted by Gasteiger charge is -2.11. The first kappa shape index (κ1) is 17.0. The van der Waals surface area contributed by atoms with Gasteiger partial charge in [0, 0.05) is 12.4 Å². The first-order valence-electron chi connectivity index (χ1n) is 6.73. The highest BCUT2D eigenvalue weighted by Crippen LogP contribution is 2.21. The number of nitrogens with one attached hydrogen (secondary N) is 1. The number of hydrogen-bond donors (Lipinski definition) is 2. The Morgan fingerprint density at radius 2 is 1.84 bits per heavy atom. The van der Waals surface area contributed by atoms with E-state index in [0.717, 1.165) is 6.07 Å². The molecule has 25 heavy (non-hydrogen) atoms. The quantitative estimate of drug-likeness (QED) is 0.637. The lowest BCUT2D eigenvalue weighted by molar-refractivity contribution is 0.597. The topological polar surface area (TPSA) is 150 Å². The molecule has 0 bridgehead atoms. The second-order valence-corrected chi connectivity index (χ2v) is 8.08. The lowest BCUT2D eigenvalue weighted by atomic mass is 10.4. The highest BCUT2D eigenvalue weighted by molar-refractivity contribution is 7.93. The second kappa shape index (κ2) is 6.23. The van der Waals surface area contributed by atoms with E-state index in [2.05, 4.69) is 19.8 Å². The Labute approximate surface area is 143 Å². The van der Waals surface area contributed by atoms with Crippen LogP contribution in [0.15, 0.2) is 65.0 Å². The SMILES string of the molecule is NS(=O)(=O)c1cccc(S(=O)(=O)Nc2cncnc2-n2cccn2)c1. The van der Waals surface area contributed by atoms with E-state index >= 15 is 0 Å². The average molecular weight is 380 g/mol. The van der Waals surface area contributed by atoms with Gasteiger partial charge in [0.1, 0.15) is 12.0 Å². The molecule has 10 nitrogen and oxygen atoms in total.